The van der Waals surface area contributed by atoms with Gasteiger partial charge in [-0.05, 0) is 18.2 Å². The number of aromatic nitrogens is 2. The van der Waals surface area contributed by atoms with Gasteiger partial charge >= 0.3 is 12.1 Å². The average Bonchev–Trinajstić information content (AvgIpc) is 2.94. The molecule has 3 rings (SSSR count). The second-order valence-electron chi connectivity index (χ2n) is 4.49. The Balaban J connectivity index is 2.14. The smallest absolute Gasteiger partial charge is 0.420 e. The van der Waals surface area contributed by atoms with Gasteiger partial charge in [0.2, 0.25) is 0 Å². The first-order chi connectivity index (χ1) is 10.4. The van der Waals surface area contributed by atoms with E-state index in [0.29, 0.717) is 0 Å². The molecule has 0 spiro atoms. The number of rotatable bonds is 2. The molecule has 116 valence electrons. The monoisotopic (exact) mass is 314 g/mol. The van der Waals surface area contributed by atoms with Crippen LogP contribution in [0.5, 0.6) is 11.5 Å². The summed E-state index contributed by atoms with van der Waals surface area (Å²) in [4.78, 5) is 10.8. The zero-order chi connectivity index (χ0) is 15.9. The van der Waals surface area contributed by atoms with Gasteiger partial charge in [-0.3, -0.25) is 5.10 Å². The van der Waals surface area contributed by atoms with Gasteiger partial charge in [0.05, 0.1) is 5.69 Å². The molecule has 2 heterocycles. The van der Waals surface area contributed by atoms with Crippen LogP contribution in [0.2, 0.25) is 0 Å². The maximum absolute atomic E-state index is 13.0. The molecule has 0 fully saturated rings. The van der Waals surface area contributed by atoms with Crippen molar-refractivity contribution in [3.05, 3.63) is 29.5 Å². The van der Waals surface area contributed by atoms with Crippen LogP contribution in [0, 0.1) is 0 Å². The molecule has 0 radical (unpaired) electrons. The molecular formula is C13H9F3N2O4. The second-order valence-corrected chi connectivity index (χ2v) is 4.49. The summed E-state index contributed by atoms with van der Waals surface area (Å²) in [7, 11) is 0. The van der Waals surface area contributed by atoms with Gasteiger partial charge < -0.3 is 14.6 Å². The van der Waals surface area contributed by atoms with E-state index in [-0.39, 0.29) is 35.9 Å². The number of alkyl halides is 3. The SMILES string of the molecule is O=C(O)c1cc(-c2ccc(C(F)(F)F)c3c2OCCO3)n[nH]1. The van der Waals surface area contributed by atoms with Gasteiger partial charge in [-0.1, -0.05) is 0 Å². The Morgan fingerprint density at radius 1 is 1.23 bits per heavy atom. The molecule has 1 aromatic heterocycles. The maximum atomic E-state index is 13.0. The fourth-order valence-electron chi connectivity index (χ4n) is 2.13. The predicted octanol–water partition coefficient (Wildman–Crippen LogP) is 2.56. The quantitative estimate of drug-likeness (QED) is 0.890. The van der Waals surface area contributed by atoms with Crippen LogP contribution in [0.4, 0.5) is 13.2 Å². The summed E-state index contributed by atoms with van der Waals surface area (Å²) in [6.07, 6.45) is -4.58. The molecular weight excluding hydrogens is 305 g/mol. The third kappa shape index (κ3) is 2.34. The molecule has 0 amide bonds. The highest BCUT2D eigenvalue weighted by atomic mass is 19.4. The molecule has 0 aliphatic carbocycles. The summed E-state index contributed by atoms with van der Waals surface area (Å²) in [6, 6.07) is 3.25. The topological polar surface area (TPSA) is 84.4 Å². The van der Waals surface area contributed by atoms with Crippen molar-refractivity contribution in [1.82, 2.24) is 10.2 Å². The molecule has 0 saturated heterocycles. The van der Waals surface area contributed by atoms with Gasteiger partial charge in [0.1, 0.15) is 24.5 Å². The zero-order valence-corrected chi connectivity index (χ0v) is 10.9. The normalized spacial score (nSPS) is 14.0. The summed E-state index contributed by atoms with van der Waals surface area (Å²) in [5.41, 5.74) is -0.736. The standard InChI is InChI=1S/C13H9F3N2O4/c14-13(15,16)7-2-1-6(10-11(7)22-4-3-21-10)8-5-9(12(19)20)18-17-8/h1-2,5H,3-4H2,(H,17,18)(H,19,20). The van der Waals surface area contributed by atoms with Crippen molar-refractivity contribution in [2.24, 2.45) is 0 Å². The molecule has 22 heavy (non-hydrogen) atoms. The van der Waals surface area contributed by atoms with Crippen LogP contribution >= 0.6 is 0 Å². The van der Waals surface area contributed by atoms with Crippen LogP contribution in [0.25, 0.3) is 11.3 Å². The number of carboxylic acid groups (broad SMARTS) is 1. The number of hydrogen-bond acceptors (Lipinski definition) is 4. The molecule has 9 heteroatoms. The van der Waals surface area contributed by atoms with Crippen molar-refractivity contribution in [2.45, 2.75) is 6.18 Å². The number of carboxylic acids is 1. The van der Waals surface area contributed by atoms with Gasteiger partial charge in [0.15, 0.2) is 11.5 Å². The number of aromatic carboxylic acids is 1. The molecule has 0 bridgehead atoms. The van der Waals surface area contributed by atoms with E-state index in [1.165, 1.54) is 12.1 Å². The lowest BCUT2D eigenvalue weighted by atomic mass is 10.0. The Hall–Kier alpha value is -2.71. The van der Waals surface area contributed by atoms with E-state index in [2.05, 4.69) is 10.2 Å². The van der Waals surface area contributed by atoms with E-state index < -0.39 is 23.5 Å². The largest absolute Gasteiger partial charge is 0.485 e. The second kappa shape index (κ2) is 4.93. The predicted molar refractivity (Wildman–Crippen MR) is 67.0 cm³/mol. The number of H-pyrrole nitrogens is 1. The fraction of sp³-hybridized carbons (Fsp3) is 0.231. The van der Waals surface area contributed by atoms with Crippen molar-refractivity contribution < 1.29 is 32.5 Å². The maximum Gasteiger partial charge on any atom is 0.420 e. The Bertz CT molecular complexity index is 739. The fourth-order valence-corrected chi connectivity index (χ4v) is 2.13. The molecule has 1 aromatic carbocycles. The lowest BCUT2D eigenvalue weighted by Crippen LogP contribution is -2.19. The third-order valence-electron chi connectivity index (χ3n) is 3.08. The Morgan fingerprint density at radius 2 is 1.91 bits per heavy atom. The van der Waals surface area contributed by atoms with E-state index in [9.17, 15) is 18.0 Å². The molecule has 2 aromatic rings. The molecule has 0 saturated carbocycles. The number of nitrogens with one attached hydrogen (secondary N) is 1. The first-order valence-electron chi connectivity index (χ1n) is 6.17. The van der Waals surface area contributed by atoms with E-state index in [1.54, 1.807) is 0 Å². The van der Waals surface area contributed by atoms with Gasteiger partial charge in [0, 0.05) is 5.56 Å². The highest BCUT2D eigenvalue weighted by molar-refractivity contribution is 5.87. The van der Waals surface area contributed by atoms with Gasteiger partial charge in [0.25, 0.3) is 0 Å². The van der Waals surface area contributed by atoms with Gasteiger partial charge in [-0.2, -0.15) is 18.3 Å². The first-order valence-corrected chi connectivity index (χ1v) is 6.17. The lowest BCUT2D eigenvalue weighted by Gasteiger charge is -2.23. The van der Waals surface area contributed by atoms with Crippen molar-refractivity contribution in [1.29, 1.82) is 0 Å². The average molecular weight is 314 g/mol. The number of aromatic amines is 1. The molecule has 0 unspecified atom stereocenters. The Morgan fingerprint density at radius 3 is 2.50 bits per heavy atom. The number of carbonyl (C=O) groups is 1. The Kier molecular flexibility index (Phi) is 3.19. The number of fused-ring (bicyclic) bond motifs is 1. The summed E-state index contributed by atoms with van der Waals surface area (Å²) in [5, 5.41) is 14.9. The first kappa shape index (κ1) is 14.2. The summed E-state index contributed by atoms with van der Waals surface area (Å²) in [5.74, 6) is -1.72. The molecule has 2 N–H and O–H groups in total. The van der Waals surface area contributed by atoms with Crippen molar-refractivity contribution in [3.8, 4) is 22.8 Å². The summed E-state index contributed by atoms with van der Waals surface area (Å²) in [6.45, 7) is 0.0952. The zero-order valence-electron chi connectivity index (χ0n) is 10.9. The van der Waals surface area contributed by atoms with Crippen LogP contribution in [-0.4, -0.2) is 34.5 Å². The lowest BCUT2D eigenvalue weighted by molar-refractivity contribution is -0.139. The van der Waals surface area contributed by atoms with E-state index in [0.717, 1.165) is 6.07 Å². The number of halogens is 3. The van der Waals surface area contributed by atoms with E-state index in [1.807, 2.05) is 0 Å². The van der Waals surface area contributed by atoms with Crippen molar-refractivity contribution >= 4 is 5.97 Å². The van der Waals surface area contributed by atoms with Crippen LogP contribution in [0.3, 0.4) is 0 Å². The third-order valence-corrected chi connectivity index (χ3v) is 3.08. The van der Waals surface area contributed by atoms with Crippen LogP contribution in [0.1, 0.15) is 16.1 Å². The molecule has 6 nitrogen and oxygen atoms in total. The van der Waals surface area contributed by atoms with Crippen LogP contribution in [-0.2, 0) is 6.18 Å². The molecule has 0 atom stereocenters. The van der Waals surface area contributed by atoms with Crippen molar-refractivity contribution in [3.63, 3.8) is 0 Å². The Labute approximate surface area is 121 Å². The minimum absolute atomic E-state index is 0.000471. The van der Waals surface area contributed by atoms with Crippen LogP contribution in [0.15, 0.2) is 18.2 Å². The van der Waals surface area contributed by atoms with E-state index in [4.69, 9.17) is 14.6 Å². The van der Waals surface area contributed by atoms with Gasteiger partial charge in [-0.25, -0.2) is 4.79 Å². The number of benzene rings is 1. The number of nitrogens with zero attached hydrogens (tertiary/aromatic N) is 1. The number of ether oxygens (including phenoxy) is 2. The minimum atomic E-state index is -4.58. The molecule has 1 aliphatic heterocycles. The minimum Gasteiger partial charge on any atom is -0.485 e. The van der Waals surface area contributed by atoms with E-state index >= 15 is 0 Å². The van der Waals surface area contributed by atoms with Crippen LogP contribution < -0.4 is 9.47 Å². The van der Waals surface area contributed by atoms with Crippen molar-refractivity contribution in [2.75, 3.05) is 13.2 Å². The highest BCUT2D eigenvalue weighted by Crippen LogP contribution is 2.47. The summed E-state index contributed by atoms with van der Waals surface area (Å²) >= 11 is 0. The number of hydrogen-bond donors (Lipinski definition) is 2. The highest BCUT2D eigenvalue weighted by Gasteiger charge is 2.38. The molecule has 1 aliphatic rings. The van der Waals surface area contributed by atoms with Gasteiger partial charge in [-0.15, -0.1) is 0 Å². The summed E-state index contributed by atoms with van der Waals surface area (Å²) < 4.78 is 49.3.